The van der Waals surface area contributed by atoms with Crippen molar-refractivity contribution in [3.05, 3.63) is 23.9 Å². The first-order chi connectivity index (χ1) is 8.55. The largest absolute Gasteiger partial charge is 0.433 e. The van der Waals surface area contributed by atoms with Crippen molar-refractivity contribution >= 4 is 5.82 Å². The fourth-order valence-electron chi connectivity index (χ4n) is 2.07. The monoisotopic (exact) mass is 259 g/mol. The Morgan fingerprint density at radius 2 is 2.22 bits per heavy atom. The molecule has 0 bridgehead atoms. The summed E-state index contributed by atoms with van der Waals surface area (Å²) in [5, 5.41) is 6.27. The van der Waals surface area contributed by atoms with E-state index in [0.717, 1.165) is 25.5 Å². The molecule has 1 aromatic rings. The highest BCUT2D eigenvalue weighted by atomic mass is 19.4. The highest BCUT2D eigenvalue weighted by molar-refractivity contribution is 5.35. The van der Waals surface area contributed by atoms with Crippen LogP contribution in [0, 0.1) is 0 Å². The van der Waals surface area contributed by atoms with Crippen LogP contribution in [-0.4, -0.2) is 24.1 Å². The van der Waals surface area contributed by atoms with Crippen LogP contribution in [0.5, 0.6) is 0 Å². The number of nitrogens with one attached hydrogen (secondary N) is 2. The predicted octanol–water partition coefficient (Wildman–Crippen LogP) is 2.65. The zero-order valence-electron chi connectivity index (χ0n) is 9.93. The fraction of sp³-hybridized carbons (Fsp3) is 0.583. The Balaban J connectivity index is 1.85. The molecule has 0 unspecified atom stereocenters. The van der Waals surface area contributed by atoms with E-state index >= 15 is 0 Å². The molecule has 3 nitrogen and oxygen atoms in total. The maximum absolute atomic E-state index is 12.4. The van der Waals surface area contributed by atoms with E-state index in [0.29, 0.717) is 12.6 Å². The smallest absolute Gasteiger partial charge is 0.370 e. The molecule has 1 aromatic heterocycles. The van der Waals surface area contributed by atoms with Gasteiger partial charge in [0.25, 0.3) is 0 Å². The summed E-state index contributed by atoms with van der Waals surface area (Å²) in [5.41, 5.74) is -0.855. The second-order valence-corrected chi connectivity index (χ2v) is 4.41. The molecular formula is C12H16F3N3. The SMILES string of the molecule is FC(F)(F)c1cccc(NCC[C@@H]2CCCN2)n1. The molecule has 0 aromatic carbocycles. The summed E-state index contributed by atoms with van der Waals surface area (Å²) in [7, 11) is 0. The van der Waals surface area contributed by atoms with Crippen molar-refractivity contribution in [1.82, 2.24) is 10.3 Å². The van der Waals surface area contributed by atoms with Crippen LogP contribution in [0.3, 0.4) is 0 Å². The van der Waals surface area contributed by atoms with Gasteiger partial charge < -0.3 is 10.6 Å². The number of halogens is 3. The molecule has 2 rings (SSSR count). The van der Waals surface area contributed by atoms with Crippen LogP contribution >= 0.6 is 0 Å². The number of hydrogen-bond donors (Lipinski definition) is 2. The number of rotatable bonds is 4. The standard InChI is InChI=1S/C12H16F3N3/c13-12(14,15)10-4-1-5-11(18-10)17-8-6-9-3-2-7-16-9/h1,4-5,9,16H,2-3,6-8H2,(H,17,18)/t9-/m0/s1. The lowest BCUT2D eigenvalue weighted by Gasteiger charge is -2.12. The first-order valence-electron chi connectivity index (χ1n) is 6.07. The van der Waals surface area contributed by atoms with Gasteiger partial charge in [-0.15, -0.1) is 0 Å². The summed E-state index contributed by atoms with van der Waals surface area (Å²) in [5.74, 6) is 0.280. The molecule has 18 heavy (non-hydrogen) atoms. The molecule has 1 aliphatic heterocycles. The number of pyridine rings is 1. The lowest BCUT2D eigenvalue weighted by Crippen LogP contribution is -2.24. The van der Waals surface area contributed by atoms with E-state index in [-0.39, 0.29) is 5.82 Å². The Bertz CT molecular complexity index is 386. The van der Waals surface area contributed by atoms with Gasteiger partial charge in [0, 0.05) is 12.6 Å². The molecule has 0 saturated carbocycles. The third kappa shape index (κ3) is 3.60. The predicted molar refractivity (Wildman–Crippen MR) is 63.4 cm³/mol. The molecule has 2 N–H and O–H groups in total. The lowest BCUT2D eigenvalue weighted by molar-refractivity contribution is -0.141. The van der Waals surface area contributed by atoms with Gasteiger partial charge in [-0.1, -0.05) is 6.07 Å². The number of aromatic nitrogens is 1. The minimum absolute atomic E-state index is 0.280. The van der Waals surface area contributed by atoms with Crippen LogP contribution in [0.1, 0.15) is 25.0 Å². The first kappa shape index (κ1) is 13.1. The van der Waals surface area contributed by atoms with Crippen molar-refractivity contribution in [2.45, 2.75) is 31.5 Å². The van der Waals surface area contributed by atoms with Crippen molar-refractivity contribution in [2.24, 2.45) is 0 Å². The average molecular weight is 259 g/mol. The van der Waals surface area contributed by atoms with Gasteiger partial charge in [0.1, 0.15) is 11.5 Å². The van der Waals surface area contributed by atoms with Gasteiger partial charge in [0.2, 0.25) is 0 Å². The van der Waals surface area contributed by atoms with Gasteiger partial charge in [-0.25, -0.2) is 4.98 Å². The van der Waals surface area contributed by atoms with E-state index in [2.05, 4.69) is 15.6 Å². The van der Waals surface area contributed by atoms with E-state index in [1.165, 1.54) is 12.5 Å². The number of anilines is 1. The van der Waals surface area contributed by atoms with Crippen molar-refractivity contribution in [3.8, 4) is 0 Å². The van der Waals surface area contributed by atoms with Crippen LogP contribution in [0.25, 0.3) is 0 Å². The lowest BCUT2D eigenvalue weighted by atomic mass is 10.1. The van der Waals surface area contributed by atoms with Gasteiger partial charge in [-0.05, 0) is 37.9 Å². The summed E-state index contributed by atoms with van der Waals surface area (Å²) in [6.45, 7) is 1.67. The topological polar surface area (TPSA) is 37.0 Å². The maximum atomic E-state index is 12.4. The van der Waals surface area contributed by atoms with E-state index in [1.54, 1.807) is 6.07 Å². The molecular weight excluding hydrogens is 243 g/mol. The van der Waals surface area contributed by atoms with Crippen molar-refractivity contribution in [2.75, 3.05) is 18.4 Å². The first-order valence-corrected chi connectivity index (χ1v) is 6.07. The summed E-state index contributed by atoms with van der Waals surface area (Å²) in [6.07, 6.45) is -1.17. The average Bonchev–Trinajstić information content (AvgIpc) is 2.81. The third-order valence-corrected chi connectivity index (χ3v) is 3.00. The molecule has 0 amide bonds. The summed E-state index contributed by atoms with van der Waals surface area (Å²) in [6, 6.07) is 4.37. The Labute approximate surface area is 104 Å². The normalized spacial score (nSPS) is 20.1. The second-order valence-electron chi connectivity index (χ2n) is 4.41. The van der Waals surface area contributed by atoms with E-state index in [1.807, 2.05) is 0 Å². The van der Waals surface area contributed by atoms with Crippen molar-refractivity contribution in [3.63, 3.8) is 0 Å². The van der Waals surface area contributed by atoms with Crippen molar-refractivity contribution in [1.29, 1.82) is 0 Å². The van der Waals surface area contributed by atoms with E-state index in [9.17, 15) is 13.2 Å². The van der Waals surface area contributed by atoms with Gasteiger partial charge in [0.15, 0.2) is 0 Å². The van der Waals surface area contributed by atoms with Gasteiger partial charge >= 0.3 is 6.18 Å². The maximum Gasteiger partial charge on any atom is 0.433 e. The Morgan fingerprint density at radius 1 is 1.39 bits per heavy atom. The molecule has 0 radical (unpaired) electrons. The highest BCUT2D eigenvalue weighted by Gasteiger charge is 2.32. The molecule has 0 spiro atoms. The van der Waals surface area contributed by atoms with Gasteiger partial charge in [-0.2, -0.15) is 13.2 Å². The summed E-state index contributed by atoms with van der Waals surface area (Å²) < 4.78 is 37.3. The zero-order chi connectivity index (χ0) is 13.0. The second kappa shape index (κ2) is 5.56. The van der Waals surface area contributed by atoms with Crippen LogP contribution in [0.15, 0.2) is 18.2 Å². The van der Waals surface area contributed by atoms with Crippen LogP contribution in [-0.2, 0) is 6.18 Å². The zero-order valence-corrected chi connectivity index (χ0v) is 9.93. The minimum atomic E-state index is -4.38. The molecule has 1 atom stereocenters. The third-order valence-electron chi connectivity index (χ3n) is 3.00. The van der Waals surface area contributed by atoms with Gasteiger partial charge in [-0.3, -0.25) is 0 Å². The molecule has 2 heterocycles. The molecule has 6 heteroatoms. The molecule has 1 fully saturated rings. The highest BCUT2D eigenvalue weighted by Crippen LogP contribution is 2.28. The number of hydrogen-bond acceptors (Lipinski definition) is 3. The molecule has 1 saturated heterocycles. The summed E-state index contributed by atoms with van der Waals surface area (Å²) in [4.78, 5) is 3.55. The Morgan fingerprint density at radius 3 is 2.89 bits per heavy atom. The molecule has 0 aliphatic carbocycles. The van der Waals surface area contributed by atoms with E-state index in [4.69, 9.17) is 0 Å². The van der Waals surface area contributed by atoms with E-state index < -0.39 is 11.9 Å². The van der Waals surface area contributed by atoms with Gasteiger partial charge in [0.05, 0.1) is 0 Å². The Hall–Kier alpha value is -1.30. The van der Waals surface area contributed by atoms with Crippen LogP contribution in [0.2, 0.25) is 0 Å². The minimum Gasteiger partial charge on any atom is -0.370 e. The molecule has 1 aliphatic rings. The molecule has 100 valence electrons. The van der Waals surface area contributed by atoms with Crippen molar-refractivity contribution < 1.29 is 13.2 Å². The quantitative estimate of drug-likeness (QED) is 0.872. The number of nitrogens with zero attached hydrogens (tertiary/aromatic N) is 1. The number of alkyl halides is 3. The Kier molecular flexibility index (Phi) is 4.06. The fourth-order valence-corrected chi connectivity index (χ4v) is 2.07. The van der Waals surface area contributed by atoms with Crippen LogP contribution < -0.4 is 10.6 Å². The summed E-state index contributed by atoms with van der Waals surface area (Å²) >= 11 is 0. The van der Waals surface area contributed by atoms with Crippen LogP contribution in [0.4, 0.5) is 19.0 Å².